The molecule has 3 rings (SSSR count). The van der Waals surface area contributed by atoms with Crippen LogP contribution in [0.5, 0.6) is 0 Å². The predicted octanol–water partition coefficient (Wildman–Crippen LogP) is 3.97. The Bertz CT molecular complexity index is 1160. The molecule has 0 aliphatic rings. The molecular formula is C21H24ClF3N6O2. The summed E-state index contributed by atoms with van der Waals surface area (Å²) in [5.41, 5.74) is 1.24. The quantitative estimate of drug-likeness (QED) is 0.493. The van der Waals surface area contributed by atoms with Crippen molar-refractivity contribution >= 4 is 28.8 Å². The number of anilines is 1. The van der Waals surface area contributed by atoms with E-state index in [1.165, 1.54) is 60.3 Å². The largest absolute Gasteiger partial charge is 0.365 e. The molecule has 3 aromatic heterocycles. The number of carbonyl (C=O) groups excluding carboxylic acids is 1. The highest BCUT2D eigenvalue weighted by Crippen LogP contribution is 2.44. The first-order chi connectivity index (χ1) is 15.4. The van der Waals surface area contributed by atoms with Gasteiger partial charge in [-0.2, -0.15) is 13.9 Å². The summed E-state index contributed by atoms with van der Waals surface area (Å²) in [6.45, 7) is 2.24. The van der Waals surface area contributed by atoms with Crippen molar-refractivity contribution in [3.8, 4) is 0 Å². The van der Waals surface area contributed by atoms with E-state index in [0.717, 1.165) is 0 Å². The number of carbonyl (C=O) groups is 1. The molecule has 0 aliphatic carbocycles. The molecule has 0 saturated carbocycles. The number of rotatable bonds is 9. The van der Waals surface area contributed by atoms with Crippen LogP contribution in [0, 0.1) is 0 Å². The number of amides is 1. The average molecular weight is 485 g/mol. The van der Waals surface area contributed by atoms with Gasteiger partial charge in [0.2, 0.25) is 0 Å². The number of nitrogens with zero attached hydrogens (tertiary/aromatic N) is 5. The van der Waals surface area contributed by atoms with Gasteiger partial charge in [-0.1, -0.05) is 11.6 Å². The monoisotopic (exact) mass is 484 g/mol. The normalized spacial score (nSPS) is 14.1. The molecule has 3 heterocycles. The second-order valence-electron chi connectivity index (χ2n) is 8.27. The molecule has 0 unspecified atom stereocenters. The van der Waals surface area contributed by atoms with Crippen molar-refractivity contribution in [1.82, 2.24) is 19.6 Å². The molecule has 3 aromatic rings. The molecule has 1 amide bonds. The van der Waals surface area contributed by atoms with E-state index in [4.69, 9.17) is 22.1 Å². The van der Waals surface area contributed by atoms with Gasteiger partial charge in [-0.05, 0) is 33.8 Å². The van der Waals surface area contributed by atoms with Crippen LogP contribution in [0.2, 0.25) is 5.02 Å². The molecule has 8 nitrogen and oxygen atoms in total. The highest BCUT2D eigenvalue weighted by atomic mass is 35.5. The molecule has 2 N–H and O–H groups in total. The van der Waals surface area contributed by atoms with Crippen molar-refractivity contribution in [3.05, 3.63) is 53.2 Å². The van der Waals surface area contributed by atoms with Gasteiger partial charge < -0.3 is 15.4 Å². The van der Waals surface area contributed by atoms with E-state index in [2.05, 4.69) is 15.1 Å². The third kappa shape index (κ3) is 4.74. The van der Waals surface area contributed by atoms with Crippen LogP contribution >= 0.6 is 11.6 Å². The van der Waals surface area contributed by atoms with Gasteiger partial charge in [0.1, 0.15) is 5.60 Å². The molecule has 0 saturated heterocycles. The Morgan fingerprint density at radius 1 is 1.30 bits per heavy atom. The summed E-state index contributed by atoms with van der Waals surface area (Å²) in [5, 5.41) is 4.35. The fourth-order valence-corrected chi connectivity index (χ4v) is 3.80. The van der Waals surface area contributed by atoms with Crippen LogP contribution < -0.4 is 10.6 Å². The van der Waals surface area contributed by atoms with Crippen LogP contribution in [-0.4, -0.2) is 50.3 Å². The van der Waals surface area contributed by atoms with Crippen molar-refractivity contribution in [3.63, 3.8) is 0 Å². The molecule has 0 aromatic carbocycles. The first kappa shape index (κ1) is 24.7. The number of fused-ring (bicyclic) bond motifs is 1. The minimum absolute atomic E-state index is 0.0610. The van der Waals surface area contributed by atoms with E-state index in [0.29, 0.717) is 5.69 Å². The van der Waals surface area contributed by atoms with Gasteiger partial charge in [-0.3, -0.25) is 9.78 Å². The van der Waals surface area contributed by atoms with Gasteiger partial charge >= 0.3 is 6.61 Å². The number of ether oxygens (including phenoxy) is 1. The lowest BCUT2D eigenvalue weighted by atomic mass is 9.81. The summed E-state index contributed by atoms with van der Waals surface area (Å²) in [7, 11) is 0. The molecule has 1 atom stereocenters. The van der Waals surface area contributed by atoms with E-state index in [9.17, 15) is 13.6 Å². The fraction of sp³-hybridized carbons (Fsp3) is 0.429. The highest BCUT2D eigenvalue weighted by molar-refractivity contribution is 6.30. The Kier molecular flexibility index (Phi) is 6.85. The van der Waals surface area contributed by atoms with Crippen LogP contribution in [-0.2, 0) is 10.4 Å². The highest BCUT2D eigenvalue weighted by Gasteiger charge is 2.53. The maximum atomic E-state index is 17.2. The number of aromatic nitrogens is 4. The summed E-state index contributed by atoms with van der Waals surface area (Å²) in [5.74, 6) is -0.761. The maximum absolute atomic E-state index is 17.2. The van der Waals surface area contributed by atoms with E-state index < -0.39 is 30.3 Å². The van der Waals surface area contributed by atoms with Gasteiger partial charge in [0.15, 0.2) is 11.3 Å². The van der Waals surface area contributed by atoms with E-state index >= 15 is 4.39 Å². The summed E-state index contributed by atoms with van der Waals surface area (Å²) < 4.78 is 49.9. The zero-order chi connectivity index (χ0) is 24.6. The Labute approximate surface area is 193 Å². The standard InChI is InChI=1S/C21H24ClF3N6O2/c1-12(2)30(16-5-6-27-8-14(16)17(26)32)11-21(25,20(3,4)33-19(23)24)15-9-29-31-10-13(22)7-28-18(15)31/h5-10,12,19H,11H2,1-4H3,(H2,26,32)/t21-/m0/s1. The van der Waals surface area contributed by atoms with Crippen LogP contribution in [0.3, 0.4) is 0 Å². The van der Waals surface area contributed by atoms with E-state index in [1.54, 1.807) is 13.8 Å². The summed E-state index contributed by atoms with van der Waals surface area (Å²) >= 11 is 5.96. The zero-order valence-corrected chi connectivity index (χ0v) is 19.2. The molecule has 178 valence electrons. The molecule has 0 aliphatic heterocycles. The van der Waals surface area contributed by atoms with E-state index in [1.807, 2.05) is 0 Å². The number of primary amides is 1. The molecule has 12 heteroatoms. The van der Waals surface area contributed by atoms with Gasteiger partial charge in [-0.25, -0.2) is 13.9 Å². The number of halogens is 4. The fourth-order valence-electron chi connectivity index (χ4n) is 3.66. The third-order valence-corrected chi connectivity index (χ3v) is 5.67. The van der Waals surface area contributed by atoms with Gasteiger partial charge in [0.05, 0.1) is 40.8 Å². The Morgan fingerprint density at radius 2 is 2.00 bits per heavy atom. The molecule has 0 bridgehead atoms. The van der Waals surface area contributed by atoms with Crippen molar-refractivity contribution < 1.29 is 22.7 Å². The lowest BCUT2D eigenvalue weighted by Crippen LogP contribution is -2.55. The van der Waals surface area contributed by atoms with Crippen molar-refractivity contribution in [2.45, 2.75) is 51.6 Å². The number of pyridine rings is 1. The Balaban J connectivity index is 2.22. The summed E-state index contributed by atoms with van der Waals surface area (Å²) in [6.07, 6.45) is 6.62. The Hall–Kier alpha value is -2.92. The zero-order valence-electron chi connectivity index (χ0n) is 18.5. The van der Waals surface area contributed by atoms with Crippen molar-refractivity contribution in [2.75, 3.05) is 11.4 Å². The van der Waals surface area contributed by atoms with Gasteiger partial charge in [-0.15, -0.1) is 0 Å². The van der Waals surface area contributed by atoms with Crippen LogP contribution in [0.15, 0.2) is 37.1 Å². The molecular weight excluding hydrogens is 461 g/mol. The van der Waals surface area contributed by atoms with Gasteiger partial charge in [0.25, 0.3) is 5.91 Å². The first-order valence-electron chi connectivity index (χ1n) is 10.0. The lowest BCUT2D eigenvalue weighted by Gasteiger charge is -2.44. The second-order valence-corrected chi connectivity index (χ2v) is 8.70. The van der Waals surface area contributed by atoms with Crippen LogP contribution in [0.4, 0.5) is 18.9 Å². The molecule has 0 fully saturated rings. The van der Waals surface area contributed by atoms with Crippen LogP contribution in [0.25, 0.3) is 5.65 Å². The first-order valence-corrected chi connectivity index (χ1v) is 10.4. The smallest absolute Gasteiger partial charge is 0.345 e. The number of alkyl halides is 3. The molecule has 0 radical (unpaired) electrons. The average Bonchev–Trinajstić information content (AvgIpc) is 3.14. The minimum Gasteiger partial charge on any atom is -0.365 e. The maximum Gasteiger partial charge on any atom is 0.345 e. The summed E-state index contributed by atoms with van der Waals surface area (Å²) in [6, 6.07) is 1.14. The Morgan fingerprint density at radius 3 is 2.61 bits per heavy atom. The molecule has 33 heavy (non-hydrogen) atoms. The van der Waals surface area contributed by atoms with Crippen LogP contribution in [0.1, 0.15) is 43.6 Å². The number of hydrogen-bond acceptors (Lipinski definition) is 6. The van der Waals surface area contributed by atoms with Crippen molar-refractivity contribution in [1.29, 1.82) is 0 Å². The SMILES string of the molecule is CC(C)N(C[C@](F)(c1cnn2cc(Cl)cnc12)C(C)(C)OC(F)F)c1ccncc1C(N)=O. The predicted molar refractivity (Wildman–Crippen MR) is 117 cm³/mol. The second kappa shape index (κ2) is 9.14. The topological polar surface area (TPSA) is 98.6 Å². The minimum atomic E-state index is -3.24. The van der Waals surface area contributed by atoms with E-state index in [-0.39, 0.29) is 27.8 Å². The lowest BCUT2D eigenvalue weighted by molar-refractivity contribution is -0.240. The number of hydrogen-bond donors (Lipinski definition) is 1. The van der Waals surface area contributed by atoms with Gasteiger partial charge in [0, 0.05) is 24.6 Å². The summed E-state index contributed by atoms with van der Waals surface area (Å²) in [4.78, 5) is 21.6. The number of nitrogens with two attached hydrogens (primary N) is 1. The molecule has 0 spiro atoms. The van der Waals surface area contributed by atoms with Crippen molar-refractivity contribution in [2.24, 2.45) is 5.73 Å². The third-order valence-electron chi connectivity index (χ3n) is 5.47.